The van der Waals surface area contributed by atoms with E-state index in [1.165, 1.54) is 0 Å². The average molecular weight is 451 g/mol. The fraction of sp³-hybridized carbons (Fsp3) is 0.333. The Bertz CT molecular complexity index is 1020. The zero-order valence-corrected chi connectivity index (χ0v) is 19.3. The van der Waals surface area contributed by atoms with Crippen LogP contribution in [0, 0.1) is 0 Å². The van der Waals surface area contributed by atoms with Crippen molar-refractivity contribution < 1.29 is 29.5 Å². The number of hydrogen-bond acceptors (Lipinski definition) is 6. The van der Waals surface area contributed by atoms with Crippen LogP contribution >= 0.6 is 0 Å². The molecule has 0 unspecified atom stereocenters. The minimum atomic E-state index is 0.0926. The van der Waals surface area contributed by atoms with Gasteiger partial charge in [-0.2, -0.15) is 0 Å². The third-order valence-electron chi connectivity index (χ3n) is 5.89. The molecule has 33 heavy (non-hydrogen) atoms. The number of phenols is 3. The Labute approximate surface area is 194 Å². The lowest BCUT2D eigenvalue weighted by atomic mass is 9.94. The Hall–Kier alpha value is -3.54. The molecule has 3 aromatic rings. The molecule has 1 aliphatic carbocycles. The Balaban J connectivity index is 1.93. The highest BCUT2D eigenvalue weighted by Gasteiger charge is 2.21. The van der Waals surface area contributed by atoms with Gasteiger partial charge in [0.1, 0.15) is 0 Å². The van der Waals surface area contributed by atoms with Gasteiger partial charge in [-0.25, -0.2) is 0 Å². The molecule has 4 rings (SSSR count). The number of fused-ring (bicyclic) bond motifs is 3. The lowest BCUT2D eigenvalue weighted by molar-refractivity contribution is 0.317. The van der Waals surface area contributed by atoms with Crippen LogP contribution in [0.25, 0.3) is 0 Å². The molecule has 3 aromatic carbocycles. The summed E-state index contributed by atoms with van der Waals surface area (Å²) < 4.78 is 16.9. The van der Waals surface area contributed by atoms with E-state index in [1.54, 1.807) is 18.2 Å². The van der Waals surface area contributed by atoms with Gasteiger partial charge >= 0.3 is 0 Å². The van der Waals surface area contributed by atoms with E-state index in [9.17, 15) is 15.3 Å². The minimum Gasteiger partial charge on any atom is -0.504 e. The van der Waals surface area contributed by atoms with Crippen LogP contribution in [-0.2, 0) is 19.3 Å². The minimum absolute atomic E-state index is 0.0926. The summed E-state index contributed by atoms with van der Waals surface area (Å²) in [6, 6.07) is 10.9. The van der Waals surface area contributed by atoms with Crippen molar-refractivity contribution in [1.82, 2.24) is 0 Å². The monoisotopic (exact) mass is 450 g/mol. The summed E-state index contributed by atoms with van der Waals surface area (Å²) in [6.45, 7) is 6.97. The van der Waals surface area contributed by atoms with Crippen molar-refractivity contribution in [1.29, 1.82) is 0 Å². The number of phenolic OH excluding ortho intramolecular Hbond substituents is 3. The summed E-state index contributed by atoms with van der Waals surface area (Å²) in [5, 5.41) is 31.6. The first-order valence-electron chi connectivity index (χ1n) is 11.4. The molecule has 0 bridgehead atoms. The maximum absolute atomic E-state index is 10.5. The first kappa shape index (κ1) is 22.6. The van der Waals surface area contributed by atoms with Crippen LogP contribution in [0.5, 0.6) is 34.5 Å². The molecule has 6 heteroatoms. The molecule has 0 saturated carbocycles. The van der Waals surface area contributed by atoms with Crippen molar-refractivity contribution in [2.45, 2.75) is 40.0 Å². The van der Waals surface area contributed by atoms with Crippen molar-refractivity contribution in [2.75, 3.05) is 19.8 Å². The molecule has 1 aliphatic rings. The molecule has 0 saturated heterocycles. The van der Waals surface area contributed by atoms with Crippen LogP contribution in [-0.4, -0.2) is 35.1 Å². The Kier molecular flexibility index (Phi) is 6.54. The van der Waals surface area contributed by atoms with Gasteiger partial charge in [-0.3, -0.25) is 0 Å². The van der Waals surface area contributed by atoms with E-state index in [0.717, 1.165) is 33.4 Å². The third-order valence-corrected chi connectivity index (χ3v) is 5.89. The average Bonchev–Trinajstić information content (AvgIpc) is 2.82. The summed E-state index contributed by atoms with van der Waals surface area (Å²) in [5.41, 5.74) is 5.85. The first-order chi connectivity index (χ1) is 15.9. The van der Waals surface area contributed by atoms with Gasteiger partial charge in [-0.1, -0.05) is 0 Å². The second-order valence-corrected chi connectivity index (χ2v) is 8.10. The van der Waals surface area contributed by atoms with Gasteiger partial charge < -0.3 is 29.5 Å². The van der Waals surface area contributed by atoms with Crippen LogP contribution in [0.15, 0.2) is 36.4 Å². The lowest BCUT2D eigenvalue weighted by Gasteiger charge is -2.16. The van der Waals surface area contributed by atoms with E-state index in [-0.39, 0.29) is 17.2 Å². The topological polar surface area (TPSA) is 88.4 Å². The molecule has 6 nitrogen and oxygen atoms in total. The normalized spacial score (nSPS) is 12.5. The predicted molar refractivity (Wildman–Crippen MR) is 126 cm³/mol. The maximum Gasteiger partial charge on any atom is 0.161 e. The van der Waals surface area contributed by atoms with Gasteiger partial charge in [0.05, 0.1) is 19.8 Å². The molecule has 0 heterocycles. The van der Waals surface area contributed by atoms with Gasteiger partial charge in [0, 0.05) is 0 Å². The van der Waals surface area contributed by atoms with Crippen molar-refractivity contribution in [3.05, 3.63) is 69.8 Å². The largest absolute Gasteiger partial charge is 0.504 e. The van der Waals surface area contributed by atoms with E-state index in [4.69, 9.17) is 14.2 Å². The number of benzene rings is 3. The summed E-state index contributed by atoms with van der Waals surface area (Å²) >= 11 is 0. The first-order valence-corrected chi connectivity index (χ1v) is 11.4. The van der Waals surface area contributed by atoms with Gasteiger partial charge in [-0.05, 0) is 110 Å². The second-order valence-electron chi connectivity index (χ2n) is 8.10. The smallest absolute Gasteiger partial charge is 0.161 e. The van der Waals surface area contributed by atoms with Crippen molar-refractivity contribution in [3.8, 4) is 34.5 Å². The predicted octanol–water partition coefficient (Wildman–Crippen LogP) is 5.09. The number of rotatable bonds is 6. The van der Waals surface area contributed by atoms with Gasteiger partial charge in [0.25, 0.3) is 0 Å². The summed E-state index contributed by atoms with van der Waals surface area (Å²) in [5.74, 6) is 1.59. The van der Waals surface area contributed by atoms with Crippen molar-refractivity contribution in [2.24, 2.45) is 0 Å². The van der Waals surface area contributed by atoms with Crippen LogP contribution in [0.2, 0.25) is 0 Å². The summed E-state index contributed by atoms with van der Waals surface area (Å²) in [4.78, 5) is 0. The van der Waals surface area contributed by atoms with Gasteiger partial charge in [0.2, 0.25) is 0 Å². The molecule has 174 valence electrons. The lowest BCUT2D eigenvalue weighted by Crippen LogP contribution is -2.01. The van der Waals surface area contributed by atoms with E-state index in [2.05, 4.69) is 0 Å². The number of aromatic hydroxyl groups is 3. The standard InChI is InChI=1S/C27H30O6/c1-4-31-25-13-19-7-17-11-23(29)27(33-6-3)15-21(17)9-18-12-24(30)26(32-5-2)14-20(18)8-16(19)10-22(25)28/h10-15,28-30H,4-9H2,1-3H3. The quantitative estimate of drug-likeness (QED) is 0.379. The number of ether oxygens (including phenoxy) is 3. The fourth-order valence-electron chi connectivity index (χ4n) is 4.38. The highest BCUT2D eigenvalue weighted by atomic mass is 16.5. The van der Waals surface area contributed by atoms with E-state index in [0.29, 0.717) is 56.3 Å². The van der Waals surface area contributed by atoms with Gasteiger partial charge in [-0.15, -0.1) is 0 Å². The Morgan fingerprint density at radius 1 is 0.485 bits per heavy atom. The molecule has 0 radical (unpaired) electrons. The summed E-state index contributed by atoms with van der Waals surface area (Å²) in [7, 11) is 0. The van der Waals surface area contributed by atoms with Crippen LogP contribution in [0.1, 0.15) is 54.2 Å². The van der Waals surface area contributed by atoms with E-state index in [1.807, 2.05) is 39.0 Å². The van der Waals surface area contributed by atoms with Crippen LogP contribution in [0.3, 0.4) is 0 Å². The molecular weight excluding hydrogens is 420 g/mol. The van der Waals surface area contributed by atoms with Crippen molar-refractivity contribution in [3.63, 3.8) is 0 Å². The fourth-order valence-corrected chi connectivity index (χ4v) is 4.38. The van der Waals surface area contributed by atoms with E-state index >= 15 is 0 Å². The highest BCUT2D eigenvalue weighted by Crippen LogP contribution is 2.40. The molecular formula is C27H30O6. The molecule has 0 fully saturated rings. The zero-order chi connectivity index (χ0) is 23.5. The molecule has 0 spiro atoms. The van der Waals surface area contributed by atoms with Crippen LogP contribution in [0.4, 0.5) is 0 Å². The number of hydrogen-bond donors (Lipinski definition) is 3. The SMILES string of the molecule is CCOc1cc2c(cc1O)Cc1cc(OCC)c(O)cc1Cc1cc(OCC)c(O)cc1C2. The molecule has 0 aliphatic heterocycles. The van der Waals surface area contributed by atoms with Crippen LogP contribution < -0.4 is 14.2 Å². The van der Waals surface area contributed by atoms with Crippen molar-refractivity contribution >= 4 is 0 Å². The summed E-state index contributed by atoms with van der Waals surface area (Å²) in [6.07, 6.45) is 1.68. The molecule has 3 N–H and O–H groups in total. The molecule has 0 aromatic heterocycles. The molecule has 0 amide bonds. The van der Waals surface area contributed by atoms with Gasteiger partial charge in [0.15, 0.2) is 34.5 Å². The Morgan fingerprint density at radius 3 is 0.970 bits per heavy atom. The highest BCUT2D eigenvalue weighted by molar-refractivity contribution is 5.57. The second kappa shape index (κ2) is 9.53. The Morgan fingerprint density at radius 2 is 0.727 bits per heavy atom. The van der Waals surface area contributed by atoms with E-state index < -0.39 is 0 Å². The maximum atomic E-state index is 10.5. The third kappa shape index (κ3) is 4.65. The zero-order valence-electron chi connectivity index (χ0n) is 19.3. The molecule has 0 atom stereocenters.